The molecule has 0 aliphatic carbocycles. The zero-order valence-electron chi connectivity index (χ0n) is 12.2. The summed E-state index contributed by atoms with van der Waals surface area (Å²) in [6.07, 6.45) is 1.80. The number of carbonyl (C=O) groups is 1. The summed E-state index contributed by atoms with van der Waals surface area (Å²) in [6.45, 7) is 0. The van der Waals surface area contributed by atoms with Crippen LogP contribution < -0.4 is 4.90 Å². The molecule has 0 atom stereocenters. The average molecular weight is 345 g/mol. The molecule has 2 aromatic carbocycles. The van der Waals surface area contributed by atoms with E-state index in [-0.39, 0.29) is 11.7 Å². The van der Waals surface area contributed by atoms with Crippen LogP contribution in [0.5, 0.6) is 5.75 Å². The number of aromatic hydroxyl groups is 1. The van der Waals surface area contributed by atoms with Crippen LogP contribution in [-0.2, 0) is 4.79 Å². The van der Waals surface area contributed by atoms with Crippen molar-refractivity contribution in [3.63, 3.8) is 0 Å². The first-order chi connectivity index (χ1) is 11.0. The molecule has 116 valence electrons. The van der Waals surface area contributed by atoms with E-state index in [1.54, 1.807) is 42.5 Å². The van der Waals surface area contributed by atoms with Crippen molar-refractivity contribution in [2.45, 2.75) is 0 Å². The van der Waals surface area contributed by atoms with Gasteiger partial charge in [-0.3, -0.25) is 4.79 Å². The molecule has 23 heavy (non-hydrogen) atoms. The Hall–Kier alpha value is -2.24. The number of anilines is 1. The molecule has 1 aliphatic rings. The number of benzene rings is 2. The lowest BCUT2D eigenvalue weighted by Crippen LogP contribution is -2.21. The van der Waals surface area contributed by atoms with Gasteiger partial charge in [0.1, 0.15) is 5.75 Å². The molecular formula is C17H13ClN2O2S. The fraction of sp³-hybridized carbons (Fsp3) is 0.0588. The largest absolute Gasteiger partial charge is 0.508 e. The summed E-state index contributed by atoms with van der Waals surface area (Å²) in [5.74, 6) is -0.0619. The first kappa shape index (κ1) is 15.6. The summed E-state index contributed by atoms with van der Waals surface area (Å²) in [4.78, 5) is 18.5. The van der Waals surface area contributed by atoms with Crippen molar-refractivity contribution in [1.82, 2.24) is 0 Å². The van der Waals surface area contributed by atoms with Crippen molar-refractivity contribution < 1.29 is 9.90 Å². The van der Waals surface area contributed by atoms with Gasteiger partial charge in [0, 0.05) is 17.8 Å². The van der Waals surface area contributed by atoms with E-state index in [2.05, 4.69) is 4.99 Å². The molecule has 3 rings (SSSR count). The molecule has 0 bridgehead atoms. The number of nitrogens with zero attached hydrogens (tertiary/aromatic N) is 2. The van der Waals surface area contributed by atoms with Crippen molar-refractivity contribution in [3.8, 4) is 5.75 Å². The van der Waals surface area contributed by atoms with Gasteiger partial charge < -0.3 is 10.0 Å². The summed E-state index contributed by atoms with van der Waals surface area (Å²) in [7, 11) is 1.83. The van der Waals surface area contributed by atoms with E-state index >= 15 is 0 Å². The van der Waals surface area contributed by atoms with E-state index in [1.807, 2.05) is 24.1 Å². The highest BCUT2D eigenvalue weighted by Crippen LogP contribution is 2.32. The maximum Gasteiger partial charge on any atom is 0.286 e. The number of thioether (sulfide) groups is 1. The second kappa shape index (κ2) is 6.48. The van der Waals surface area contributed by atoms with Gasteiger partial charge in [-0.15, -0.1) is 0 Å². The number of phenolic OH excluding ortho intramolecular Hbond substituents is 1. The van der Waals surface area contributed by atoms with Crippen molar-refractivity contribution >= 4 is 46.2 Å². The van der Waals surface area contributed by atoms with E-state index in [0.717, 1.165) is 11.3 Å². The maximum absolute atomic E-state index is 12.1. The van der Waals surface area contributed by atoms with Crippen molar-refractivity contribution in [2.75, 3.05) is 11.9 Å². The maximum atomic E-state index is 12.1. The summed E-state index contributed by atoms with van der Waals surface area (Å²) >= 11 is 7.18. The fourth-order valence-electron chi connectivity index (χ4n) is 2.04. The molecule has 0 saturated carbocycles. The molecule has 6 heteroatoms. The van der Waals surface area contributed by atoms with Crippen LogP contribution in [0.25, 0.3) is 6.08 Å². The third-order valence-electron chi connectivity index (χ3n) is 3.30. The van der Waals surface area contributed by atoms with Crippen LogP contribution in [-0.4, -0.2) is 23.2 Å². The number of hydrogen-bond donors (Lipinski definition) is 1. The lowest BCUT2D eigenvalue weighted by molar-refractivity contribution is -0.113. The Labute approximate surface area is 143 Å². The number of amidine groups is 1. The predicted molar refractivity (Wildman–Crippen MR) is 96.0 cm³/mol. The first-order valence-electron chi connectivity index (χ1n) is 6.84. The molecule has 0 radical (unpaired) electrons. The molecule has 1 heterocycles. The summed E-state index contributed by atoms with van der Waals surface area (Å²) < 4.78 is 0. The van der Waals surface area contributed by atoms with Gasteiger partial charge in [0.2, 0.25) is 0 Å². The molecule has 1 aliphatic heterocycles. The number of carbonyl (C=O) groups excluding carboxylic acids is 1. The zero-order chi connectivity index (χ0) is 16.4. The quantitative estimate of drug-likeness (QED) is 0.831. The van der Waals surface area contributed by atoms with E-state index in [4.69, 9.17) is 11.6 Å². The van der Waals surface area contributed by atoms with Crippen LogP contribution in [0.1, 0.15) is 5.56 Å². The molecule has 1 amide bonds. The van der Waals surface area contributed by atoms with Crippen LogP contribution in [0.3, 0.4) is 0 Å². The molecule has 0 fully saturated rings. The molecule has 0 unspecified atom stereocenters. The van der Waals surface area contributed by atoms with Gasteiger partial charge >= 0.3 is 0 Å². The molecule has 1 N–H and O–H groups in total. The smallest absolute Gasteiger partial charge is 0.286 e. The third kappa shape index (κ3) is 3.57. The van der Waals surface area contributed by atoms with Crippen LogP contribution in [0.2, 0.25) is 5.02 Å². The van der Waals surface area contributed by atoms with Crippen molar-refractivity contribution in [2.24, 2.45) is 4.99 Å². The monoisotopic (exact) mass is 344 g/mol. The highest BCUT2D eigenvalue weighted by molar-refractivity contribution is 8.18. The summed E-state index contributed by atoms with van der Waals surface area (Å²) in [5, 5.41) is 10.6. The lowest BCUT2D eigenvalue weighted by atomic mass is 10.2. The second-order valence-electron chi connectivity index (χ2n) is 4.94. The second-order valence-corrected chi connectivity index (χ2v) is 6.38. The summed E-state index contributed by atoms with van der Waals surface area (Å²) in [5.41, 5.74) is 1.74. The van der Waals surface area contributed by atoms with Crippen molar-refractivity contribution in [1.29, 1.82) is 0 Å². The van der Waals surface area contributed by atoms with Gasteiger partial charge in [-0.25, -0.2) is 0 Å². The number of halogens is 1. The highest BCUT2D eigenvalue weighted by Gasteiger charge is 2.25. The number of aliphatic imine (C=N–C) groups is 1. The van der Waals surface area contributed by atoms with Crippen molar-refractivity contribution in [3.05, 3.63) is 64.0 Å². The Morgan fingerprint density at radius 2 is 1.78 bits per heavy atom. The lowest BCUT2D eigenvalue weighted by Gasteiger charge is -2.17. The zero-order valence-corrected chi connectivity index (χ0v) is 13.8. The minimum absolute atomic E-state index is 0.197. The Bertz CT molecular complexity index is 798. The van der Waals surface area contributed by atoms with Gasteiger partial charge in [0.05, 0.1) is 4.91 Å². The van der Waals surface area contributed by atoms with E-state index in [0.29, 0.717) is 15.1 Å². The minimum Gasteiger partial charge on any atom is -0.508 e. The first-order valence-corrected chi connectivity index (χ1v) is 8.03. The SMILES string of the molecule is CN(C1=NC(=O)/C(=C\c2ccc(Cl)cc2)S1)c1ccc(O)cc1. The minimum atomic E-state index is -0.259. The van der Waals surface area contributed by atoms with Gasteiger partial charge in [0.25, 0.3) is 5.91 Å². The normalized spacial score (nSPS) is 15.8. The number of hydrogen-bond acceptors (Lipinski definition) is 4. The molecule has 2 aromatic rings. The van der Waals surface area contributed by atoms with Crippen LogP contribution >= 0.6 is 23.4 Å². The number of phenols is 1. The molecule has 0 aromatic heterocycles. The van der Waals surface area contributed by atoms with E-state index in [1.165, 1.54) is 11.8 Å². The standard InChI is InChI=1S/C17H13ClN2O2S/c1-20(13-6-8-14(21)9-7-13)17-19-16(22)15(23-17)10-11-2-4-12(18)5-3-11/h2-10,21H,1H3/b15-10+. The Kier molecular flexibility index (Phi) is 4.41. The highest BCUT2D eigenvalue weighted by atomic mass is 35.5. The van der Waals surface area contributed by atoms with Gasteiger partial charge in [-0.1, -0.05) is 23.7 Å². The molecule has 0 spiro atoms. The number of amides is 1. The van der Waals surface area contributed by atoms with Crippen LogP contribution in [0.15, 0.2) is 58.4 Å². The number of rotatable bonds is 2. The fourth-order valence-corrected chi connectivity index (χ4v) is 3.06. The van der Waals surface area contributed by atoms with Gasteiger partial charge in [-0.2, -0.15) is 4.99 Å². The van der Waals surface area contributed by atoms with Gasteiger partial charge in [-0.05, 0) is 59.8 Å². The van der Waals surface area contributed by atoms with E-state index in [9.17, 15) is 9.90 Å². The predicted octanol–water partition coefficient (Wildman–Crippen LogP) is 4.15. The van der Waals surface area contributed by atoms with Gasteiger partial charge in [0.15, 0.2) is 5.17 Å². The average Bonchev–Trinajstić information content (AvgIpc) is 2.91. The Balaban J connectivity index is 1.79. The van der Waals surface area contributed by atoms with E-state index < -0.39 is 0 Å². The topological polar surface area (TPSA) is 52.9 Å². The van der Waals surface area contributed by atoms with Crippen LogP contribution in [0, 0.1) is 0 Å². The molecule has 4 nitrogen and oxygen atoms in total. The Morgan fingerprint density at radius 1 is 1.13 bits per heavy atom. The third-order valence-corrected chi connectivity index (χ3v) is 4.61. The Morgan fingerprint density at radius 3 is 2.43 bits per heavy atom. The summed E-state index contributed by atoms with van der Waals surface area (Å²) in [6, 6.07) is 14.0. The molecular weight excluding hydrogens is 332 g/mol. The molecule has 0 saturated heterocycles. The van der Waals surface area contributed by atoms with Crippen LogP contribution in [0.4, 0.5) is 5.69 Å².